The Morgan fingerprint density at radius 2 is 1.74 bits per heavy atom. The maximum absolute atomic E-state index is 12.0. The Morgan fingerprint density at radius 1 is 1.13 bits per heavy atom. The van der Waals surface area contributed by atoms with E-state index < -0.39 is 23.8 Å². The number of carboxylic acids is 1. The van der Waals surface area contributed by atoms with E-state index in [0.717, 1.165) is 17.4 Å². The van der Waals surface area contributed by atoms with Gasteiger partial charge in [0.1, 0.15) is 10.6 Å². The second-order valence-corrected chi connectivity index (χ2v) is 4.83. The van der Waals surface area contributed by atoms with Crippen LogP contribution in [0.15, 0.2) is 17.5 Å². The summed E-state index contributed by atoms with van der Waals surface area (Å²) in [7, 11) is 0. The lowest BCUT2D eigenvalue weighted by molar-refractivity contribution is -0.131. The minimum atomic E-state index is -1.29. The van der Waals surface area contributed by atoms with Gasteiger partial charge in [-0.05, 0) is 13.8 Å². The molecular formula is C14H15NO7S. The molecule has 8 nitrogen and oxygen atoms in total. The molecule has 0 atom stereocenters. The zero-order valence-corrected chi connectivity index (χ0v) is 13.3. The van der Waals surface area contributed by atoms with Gasteiger partial charge in [-0.1, -0.05) is 0 Å². The number of carbonyl (C=O) groups is 4. The summed E-state index contributed by atoms with van der Waals surface area (Å²) in [4.78, 5) is 45.9. The highest BCUT2D eigenvalue weighted by molar-refractivity contribution is 7.15. The van der Waals surface area contributed by atoms with Crippen molar-refractivity contribution in [2.45, 2.75) is 13.8 Å². The summed E-state index contributed by atoms with van der Waals surface area (Å²) < 4.78 is 9.72. The predicted octanol–water partition coefficient (Wildman–Crippen LogP) is 1.68. The van der Waals surface area contributed by atoms with Crippen LogP contribution in [0.2, 0.25) is 0 Å². The van der Waals surface area contributed by atoms with Gasteiger partial charge in [-0.3, -0.25) is 4.79 Å². The number of hydrogen-bond acceptors (Lipinski definition) is 7. The molecule has 1 aromatic rings. The Labute approximate surface area is 135 Å². The van der Waals surface area contributed by atoms with E-state index in [0.29, 0.717) is 6.08 Å². The number of thiophene rings is 1. The fourth-order valence-electron chi connectivity index (χ4n) is 1.52. The van der Waals surface area contributed by atoms with Gasteiger partial charge in [-0.25, -0.2) is 14.4 Å². The molecule has 0 unspecified atom stereocenters. The lowest BCUT2D eigenvalue weighted by atomic mass is 10.2. The fraction of sp³-hybridized carbons (Fsp3) is 0.286. The number of anilines is 1. The van der Waals surface area contributed by atoms with Crippen molar-refractivity contribution in [3.05, 3.63) is 28.7 Å². The first-order valence-corrected chi connectivity index (χ1v) is 7.46. The Kier molecular flexibility index (Phi) is 6.94. The molecule has 1 amide bonds. The zero-order chi connectivity index (χ0) is 17.4. The van der Waals surface area contributed by atoms with Crippen molar-refractivity contribution >= 4 is 40.2 Å². The molecule has 0 aliphatic heterocycles. The third kappa shape index (κ3) is 5.22. The van der Waals surface area contributed by atoms with Crippen LogP contribution in [0.4, 0.5) is 5.00 Å². The summed E-state index contributed by atoms with van der Waals surface area (Å²) >= 11 is 0.932. The molecule has 0 radical (unpaired) electrons. The molecule has 1 aromatic heterocycles. The lowest BCUT2D eigenvalue weighted by Crippen LogP contribution is -2.16. The topological polar surface area (TPSA) is 119 Å². The molecule has 1 heterocycles. The van der Waals surface area contributed by atoms with Crippen molar-refractivity contribution in [1.82, 2.24) is 0 Å². The van der Waals surface area contributed by atoms with Crippen LogP contribution in [-0.4, -0.2) is 42.1 Å². The highest BCUT2D eigenvalue weighted by atomic mass is 32.1. The van der Waals surface area contributed by atoms with Crippen molar-refractivity contribution in [3.8, 4) is 0 Å². The van der Waals surface area contributed by atoms with Gasteiger partial charge in [-0.2, -0.15) is 0 Å². The van der Waals surface area contributed by atoms with Crippen molar-refractivity contribution in [1.29, 1.82) is 0 Å². The molecule has 9 heteroatoms. The van der Waals surface area contributed by atoms with Crippen LogP contribution in [0, 0.1) is 0 Å². The lowest BCUT2D eigenvalue weighted by Gasteiger charge is -2.07. The number of carbonyl (C=O) groups excluding carboxylic acids is 3. The molecule has 0 aromatic carbocycles. The molecule has 124 valence electrons. The smallest absolute Gasteiger partial charge is 0.342 e. The summed E-state index contributed by atoms with van der Waals surface area (Å²) in [5.74, 6) is -3.54. The Balaban J connectivity index is 3.11. The van der Waals surface area contributed by atoms with E-state index in [9.17, 15) is 19.2 Å². The van der Waals surface area contributed by atoms with Gasteiger partial charge in [0.05, 0.1) is 18.8 Å². The average Bonchev–Trinajstić information content (AvgIpc) is 2.89. The maximum atomic E-state index is 12.0. The van der Waals surface area contributed by atoms with Gasteiger partial charge in [0.25, 0.3) is 0 Å². The molecule has 0 aliphatic carbocycles. The summed E-state index contributed by atoms with van der Waals surface area (Å²) in [5.41, 5.74) is -0.139. The number of amides is 1. The van der Waals surface area contributed by atoms with Crippen LogP contribution in [0.3, 0.4) is 0 Å². The Hall–Kier alpha value is -2.68. The highest BCUT2D eigenvalue weighted by Gasteiger charge is 2.26. The average molecular weight is 341 g/mol. The van der Waals surface area contributed by atoms with Gasteiger partial charge in [0, 0.05) is 17.5 Å². The first kappa shape index (κ1) is 18.4. The van der Waals surface area contributed by atoms with Gasteiger partial charge < -0.3 is 19.9 Å². The number of ether oxygens (including phenoxy) is 2. The van der Waals surface area contributed by atoms with Crippen LogP contribution < -0.4 is 5.32 Å². The van der Waals surface area contributed by atoms with E-state index in [-0.39, 0.29) is 29.3 Å². The largest absolute Gasteiger partial charge is 0.478 e. The van der Waals surface area contributed by atoms with E-state index in [1.54, 1.807) is 13.8 Å². The van der Waals surface area contributed by atoms with E-state index in [2.05, 4.69) is 5.32 Å². The fourth-order valence-corrected chi connectivity index (χ4v) is 2.44. The second-order valence-electron chi connectivity index (χ2n) is 3.96. The van der Waals surface area contributed by atoms with Crippen molar-refractivity contribution < 1.29 is 33.8 Å². The summed E-state index contributed by atoms with van der Waals surface area (Å²) in [6, 6.07) is 0. The van der Waals surface area contributed by atoms with E-state index in [1.807, 2.05) is 0 Å². The zero-order valence-electron chi connectivity index (χ0n) is 12.5. The molecule has 2 N–H and O–H groups in total. The first-order chi connectivity index (χ1) is 10.9. The van der Waals surface area contributed by atoms with Crippen LogP contribution >= 0.6 is 11.3 Å². The summed E-state index contributed by atoms with van der Waals surface area (Å²) in [6.45, 7) is 3.43. The third-order valence-corrected chi connectivity index (χ3v) is 3.28. The molecule has 0 saturated carbocycles. The van der Waals surface area contributed by atoms with Gasteiger partial charge in [0.15, 0.2) is 0 Å². The van der Waals surface area contributed by atoms with Crippen molar-refractivity contribution in [2.75, 3.05) is 18.5 Å². The molecule has 0 saturated heterocycles. The second kappa shape index (κ2) is 8.69. The number of hydrogen-bond donors (Lipinski definition) is 2. The van der Waals surface area contributed by atoms with Crippen molar-refractivity contribution in [2.24, 2.45) is 0 Å². The number of nitrogens with one attached hydrogen (secondary N) is 1. The van der Waals surface area contributed by atoms with Crippen LogP contribution in [0.5, 0.6) is 0 Å². The minimum absolute atomic E-state index is 0.0205. The monoisotopic (exact) mass is 341 g/mol. The van der Waals surface area contributed by atoms with Gasteiger partial charge in [0.2, 0.25) is 5.91 Å². The van der Waals surface area contributed by atoms with Crippen LogP contribution in [-0.2, 0) is 19.1 Å². The van der Waals surface area contributed by atoms with E-state index in [1.165, 1.54) is 5.38 Å². The molecule has 0 fully saturated rings. The molecule has 23 heavy (non-hydrogen) atoms. The number of rotatable bonds is 7. The molecule has 0 spiro atoms. The Morgan fingerprint density at radius 3 is 2.30 bits per heavy atom. The standard InChI is InChI=1S/C14H15NO7S/c1-3-21-13(19)8-7-23-12(11(8)14(20)22-4-2)15-9(16)5-6-10(17)18/h5-7H,3-4H2,1-2H3,(H,15,16)(H,17,18)/b6-5+. The predicted molar refractivity (Wildman–Crippen MR) is 81.6 cm³/mol. The SMILES string of the molecule is CCOC(=O)c1csc(NC(=O)/C=C/C(=O)O)c1C(=O)OCC. The molecule has 0 bridgehead atoms. The van der Waals surface area contributed by atoms with E-state index >= 15 is 0 Å². The maximum Gasteiger partial charge on any atom is 0.342 e. The Bertz CT molecular complexity index is 648. The van der Waals surface area contributed by atoms with Crippen LogP contribution in [0.1, 0.15) is 34.6 Å². The molecule has 1 rings (SSSR count). The highest BCUT2D eigenvalue weighted by Crippen LogP contribution is 2.29. The third-order valence-electron chi connectivity index (χ3n) is 2.38. The number of esters is 2. The molecule has 0 aliphatic rings. The normalized spacial score (nSPS) is 10.3. The quantitative estimate of drug-likeness (QED) is 0.572. The first-order valence-electron chi connectivity index (χ1n) is 6.58. The van der Waals surface area contributed by atoms with Gasteiger partial charge >= 0.3 is 17.9 Å². The van der Waals surface area contributed by atoms with E-state index in [4.69, 9.17) is 14.6 Å². The summed E-state index contributed by atoms with van der Waals surface area (Å²) in [5, 5.41) is 12.3. The van der Waals surface area contributed by atoms with Crippen LogP contribution in [0.25, 0.3) is 0 Å². The molecular weight excluding hydrogens is 326 g/mol. The summed E-state index contributed by atoms with van der Waals surface area (Å²) in [6.07, 6.45) is 1.44. The minimum Gasteiger partial charge on any atom is -0.478 e. The van der Waals surface area contributed by atoms with Crippen molar-refractivity contribution in [3.63, 3.8) is 0 Å². The van der Waals surface area contributed by atoms with Gasteiger partial charge in [-0.15, -0.1) is 11.3 Å². The number of aliphatic carboxylic acids is 1. The number of carboxylic acid groups (broad SMARTS) is 1.